The third kappa shape index (κ3) is 4.02. The van der Waals surface area contributed by atoms with Crippen LogP contribution < -0.4 is 11.1 Å². The van der Waals surface area contributed by atoms with Gasteiger partial charge in [-0.15, -0.1) is 0 Å². The minimum Gasteiger partial charge on any atom is -0.352 e. The van der Waals surface area contributed by atoms with Crippen LogP contribution >= 0.6 is 0 Å². The maximum Gasteiger partial charge on any atom is 0.312 e. The summed E-state index contributed by atoms with van der Waals surface area (Å²) in [7, 11) is 0. The Balaban J connectivity index is 2.76. The second-order valence-electron chi connectivity index (χ2n) is 4.10. The number of benzene rings is 1. The summed E-state index contributed by atoms with van der Waals surface area (Å²) in [4.78, 5) is 10.9. The van der Waals surface area contributed by atoms with Gasteiger partial charge in [-0.2, -0.15) is 0 Å². The number of nitrogens with two attached hydrogens (primary N) is 1. The number of urea groups is 1. The number of hydrogen-bond acceptors (Lipinski definition) is 1. The maximum absolute atomic E-state index is 10.9. The molecule has 1 atom stereocenters. The topological polar surface area (TPSA) is 55.1 Å². The monoisotopic (exact) mass is 206 g/mol. The van der Waals surface area contributed by atoms with Crippen LogP contribution in [0.1, 0.15) is 31.9 Å². The van der Waals surface area contributed by atoms with Crippen molar-refractivity contribution >= 4 is 6.03 Å². The summed E-state index contributed by atoms with van der Waals surface area (Å²) in [6.07, 6.45) is 0.896. The van der Waals surface area contributed by atoms with Crippen LogP contribution in [-0.4, -0.2) is 6.03 Å². The van der Waals surface area contributed by atoms with Crippen LogP contribution in [0.25, 0.3) is 0 Å². The average Bonchev–Trinajstić information content (AvgIpc) is 2.17. The molecule has 2 amide bonds. The minimum atomic E-state index is -0.468. The molecule has 1 aromatic rings. The summed E-state index contributed by atoms with van der Waals surface area (Å²) < 4.78 is 0. The van der Waals surface area contributed by atoms with Crippen molar-refractivity contribution in [3.8, 4) is 0 Å². The molecule has 0 aromatic heterocycles. The Kier molecular flexibility index (Phi) is 4.16. The van der Waals surface area contributed by atoms with Crippen LogP contribution in [0, 0.1) is 5.92 Å². The normalized spacial score (nSPS) is 12.5. The highest BCUT2D eigenvalue weighted by Gasteiger charge is 2.13. The molecule has 1 rings (SSSR count). The Morgan fingerprint density at radius 1 is 1.33 bits per heavy atom. The SMILES string of the molecule is CC(C)C[C@H](NC(N)=O)c1ccccc1. The van der Waals surface area contributed by atoms with E-state index in [-0.39, 0.29) is 6.04 Å². The summed E-state index contributed by atoms with van der Waals surface area (Å²) in [6.45, 7) is 4.25. The fourth-order valence-corrected chi connectivity index (χ4v) is 1.61. The number of rotatable bonds is 4. The lowest BCUT2D eigenvalue weighted by atomic mass is 9.97. The number of amides is 2. The first-order chi connectivity index (χ1) is 7.09. The Morgan fingerprint density at radius 2 is 1.93 bits per heavy atom. The Morgan fingerprint density at radius 3 is 2.40 bits per heavy atom. The quantitative estimate of drug-likeness (QED) is 0.781. The maximum atomic E-state index is 10.9. The molecule has 3 nitrogen and oxygen atoms in total. The molecule has 0 spiro atoms. The molecule has 0 saturated heterocycles. The molecule has 82 valence electrons. The van der Waals surface area contributed by atoms with Gasteiger partial charge in [-0.1, -0.05) is 44.2 Å². The van der Waals surface area contributed by atoms with Crippen molar-refractivity contribution in [1.82, 2.24) is 5.32 Å². The van der Waals surface area contributed by atoms with E-state index >= 15 is 0 Å². The lowest BCUT2D eigenvalue weighted by Gasteiger charge is -2.19. The van der Waals surface area contributed by atoms with Crippen LogP contribution in [-0.2, 0) is 0 Å². The smallest absolute Gasteiger partial charge is 0.312 e. The zero-order valence-electron chi connectivity index (χ0n) is 9.23. The number of carbonyl (C=O) groups is 1. The fraction of sp³-hybridized carbons (Fsp3) is 0.417. The molecule has 0 bridgehead atoms. The zero-order valence-corrected chi connectivity index (χ0v) is 9.23. The Hall–Kier alpha value is -1.51. The molecule has 1 aromatic carbocycles. The van der Waals surface area contributed by atoms with E-state index in [1.165, 1.54) is 0 Å². The van der Waals surface area contributed by atoms with Crippen molar-refractivity contribution in [2.45, 2.75) is 26.3 Å². The molecule has 0 unspecified atom stereocenters. The zero-order chi connectivity index (χ0) is 11.3. The molecule has 3 heteroatoms. The predicted molar refractivity (Wildman–Crippen MR) is 61.4 cm³/mol. The van der Waals surface area contributed by atoms with Crippen molar-refractivity contribution in [3.63, 3.8) is 0 Å². The predicted octanol–water partition coefficient (Wildman–Crippen LogP) is 2.44. The van der Waals surface area contributed by atoms with Gasteiger partial charge in [0.1, 0.15) is 0 Å². The largest absolute Gasteiger partial charge is 0.352 e. The molecule has 15 heavy (non-hydrogen) atoms. The molecule has 0 aliphatic carbocycles. The lowest BCUT2D eigenvalue weighted by molar-refractivity contribution is 0.243. The van der Waals surface area contributed by atoms with E-state index < -0.39 is 6.03 Å². The molecule has 0 radical (unpaired) electrons. The first kappa shape index (κ1) is 11.6. The molecular weight excluding hydrogens is 188 g/mol. The Labute approximate surface area is 90.7 Å². The summed E-state index contributed by atoms with van der Waals surface area (Å²) in [6, 6.07) is 9.44. The summed E-state index contributed by atoms with van der Waals surface area (Å²) in [5.74, 6) is 0.516. The van der Waals surface area contributed by atoms with Gasteiger partial charge < -0.3 is 11.1 Å². The van der Waals surface area contributed by atoms with Crippen molar-refractivity contribution in [3.05, 3.63) is 35.9 Å². The van der Waals surface area contributed by atoms with Crippen molar-refractivity contribution < 1.29 is 4.79 Å². The van der Waals surface area contributed by atoms with E-state index in [1.807, 2.05) is 30.3 Å². The highest BCUT2D eigenvalue weighted by Crippen LogP contribution is 2.20. The van der Waals surface area contributed by atoms with Gasteiger partial charge in [0.15, 0.2) is 0 Å². The lowest BCUT2D eigenvalue weighted by Crippen LogP contribution is -2.33. The van der Waals surface area contributed by atoms with Crippen LogP contribution in [0.3, 0.4) is 0 Å². The summed E-state index contributed by atoms with van der Waals surface area (Å²) >= 11 is 0. The number of hydrogen-bond donors (Lipinski definition) is 2. The van der Waals surface area contributed by atoms with E-state index in [0.717, 1.165) is 12.0 Å². The number of primary amides is 1. The van der Waals surface area contributed by atoms with Gasteiger partial charge in [0.2, 0.25) is 0 Å². The third-order valence-electron chi connectivity index (χ3n) is 2.23. The van der Waals surface area contributed by atoms with Crippen molar-refractivity contribution in [2.75, 3.05) is 0 Å². The van der Waals surface area contributed by atoms with E-state index in [2.05, 4.69) is 19.2 Å². The first-order valence-corrected chi connectivity index (χ1v) is 5.20. The van der Waals surface area contributed by atoms with Crippen LogP contribution in [0.5, 0.6) is 0 Å². The molecule has 0 fully saturated rings. The minimum absolute atomic E-state index is 0.0173. The second kappa shape index (κ2) is 5.39. The fourth-order valence-electron chi connectivity index (χ4n) is 1.61. The van der Waals surface area contributed by atoms with Crippen molar-refractivity contribution in [2.24, 2.45) is 11.7 Å². The van der Waals surface area contributed by atoms with Gasteiger partial charge in [0.05, 0.1) is 6.04 Å². The summed E-state index contributed by atoms with van der Waals surface area (Å²) in [5.41, 5.74) is 6.26. The molecule has 0 aliphatic heterocycles. The average molecular weight is 206 g/mol. The van der Waals surface area contributed by atoms with Gasteiger partial charge in [0.25, 0.3) is 0 Å². The van der Waals surface area contributed by atoms with E-state index in [9.17, 15) is 4.79 Å². The molecule has 0 saturated carbocycles. The first-order valence-electron chi connectivity index (χ1n) is 5.20. The van der Waals surface area contributed by atoms with Crippen LogP contribution in [0.2, 0.25) is 0 Å². The second-order valence-corrected chi connectivity index (χ2v) is 4.10. The molecular formula is C12H18N2O. The van der Waals surface area contributed by atoms with E-state index in [1.54, 1.807) is 0 Å². The van der Waals surface area contributed by atoms with E-state index in [0.29, 0.717) is 5.92 Å². The van der Waals surface area contributed by atoms with E-state index in [4.69, 9.17) is 5.73 Å². The standard InChI is InChI=1S/C12H18N2O/c1-9(2)8-11(14-12(13)15)10-6-4-3-5-7-10/h3-7,9,11H,8H2,1-2H3,(H3,13,14,15)/t11-/m0/s1. The van der Waals surface area contributed by atoms with Gasteiger partial charge >= 0.3 is 6.03 Å². The highest BCUT2D eigenvalue weighted by atomic mass is 16.2. The third-order valence-corrected chi connectivity index (χ3v) is 2.23. The Bertz CT molecular complexity index is 309. The van der Waals surface area contributed by atoms with Gasteiger partial charge in [0, 0.05) is 0 Å². The highest BCUT2D eigenvalue weighted by molar-refractivity contribution is 5.72. The molecule has 3 N–H and O–H groups in total. The van der Waals surface area contributed by atoms with Crippen LogP contribution in [0.4, 0.5) is 4.79 Å². The number of nitrogens with one attached hydrogen (secondary N) is 1. The van der Waals surface area contributed by atoms with Gasteiger partial charge in [-0.3, -0.25) is 0 Å². The van der Waals surface area contributed by atoms with Gasteiger partial charge in [-0.25, -0.2) is 4.79 Å². The van der Waals surface area contributed by atoms with Crippen LogP contribution in [0.15, 0.2) is 30.3 Å². The van der Waals surface area contributed by atoms with Gasteiger partial charge in [-0.05, 0) is 17.9 Å². The summed E-state index contributed by atoms with van der Waals surface area (Å²) in [5, 5.41) is 2.77. The number of carbonyl (C=O) groups excluding carboxylic acids is 1. The molecule has 0 heterocycles. The molecule has 0 aliphatic rings. The van der Waals surface area contributed by atoms with Crippen molar-refractivity contribution in [1.29, 1.82) is 0 Å².